The first-order valence-electron chi connectivity index (χ1n) is 13.4. The molecule has 0 bridgehead atoms. The molecule has 0 aliphatic carbocycles. The van der Waals surface area contributed by atoms with E-state index in [0.717, 1.165) is 12.1 Å². The molecular formula is C30H32Cl2F3N3O4S. The molecule has 0 heterocycles. The molecule has 0 saturated heterocycles. The van der Waals surface area contributed by atoms with E-state index < -0.39 is 56.9 Å². The van der Waals surface area contributed by atoms with E-state index in [1.54, 1.807) is 37.3 Å². The largest absolute Gasteiger partial charge is 0.417 e. The molecule has 0 aromatic heterocycles. The van der Waals surface area contributed by atoms with Gasteiger partial charge >= 0.3 is 6.18 Å². The fourth-order valence-corrected chi connectivity index (χ4v) is 6.04. The van der Waals surface area contributed by atoms with Crippen molar-refractivity contribution in [3.05, 3.63) is 94.0 Å². The molecule has 0 aliphatic heterocycles. The SMILES string of the molecule is CCC(C(=O)NCC(C)C)N(Cc1ccc(Cl)cc1)C(=O)CN(c1ccc(Cl)c(C(F)(F)F)c1)S(=O)(=O)c1ccccc1. The summed E-state index contributed by atoms with van der Waals surface area (Å²) in [5.41, 5.74) is -1.07. The predicted molar refractivity (Wildman–Crippen MR) is 161 cm³/mol. The van der Waals surface area contributed by atoms with Gasteiger partial charge in [0.15, 0.2) is 0 Å². The van der Waals surface area contributed by atoms with E-state index in [-0.39, 0.29) is 23.8 Å². The second-order valence-electron chi connectivity index (χ2n) is 10.2. The van der Waals surface area contributed by atoms with Crippen LogP contribution in [-0.4, -0.2) is 44.3 Å². The molecule has 1 N–H and O–H groups in total. The quantitative estimate of drug-likeness (QED) is 0.232. The van der Waals surface area contributed by atoms with E-state index in [4.69, 9.17) is 23.2 Å². The maximum Gasteiger partial charge on any atom is 0.417 e. The molecule has 3 aromatic rings. The highest BCUT2D eigenvalue weighted by Crippen LogP contribution is 2.38. The molecule has 1 atom stereocenters. The van der Waals surface area contributed by atoms with Gasteiger partial charge in [0.05, 0.1) is 21.2 Å². The molecular weight excluding hydrogens is 626 g/mol. The lowest BCUT2D eigenvalue weighted by Crippen LogP contribution is -2.52. The lowest BCUT2D eigenvalue weighted by atomic mass is 10.1. The average Bonchev–Trinajstić information content (AvgIpc) is 2.95. The Bertz CT molecular complexity index is 1520. The summed E-state index contributed by atoms with van der Waals surface area (Å²) in [6, 6.07) is 15.2. The summed E-state index contributed by atoms with van der Waals surface area (Å²) in [5.74, 6) is -1.12. The number of hydrogen-bond acceptors (Lipinski definition) is 4. The number of carbonyl (C=O) groups excluding carboxylic acids is 2. The third-order valence-corrected chi connectivity index (χ3v) is 8.86. The number of alkyl halides is 3. The Balaban J connectivity index is 2.12. The Kier molecular flexibility index (Phi) is 11.5. The molecule has 1 unspecified atom stereocenters. The summed E-state index contributed by atoms with van der Waals surface area (Å²) in [7, 11) is -4.55. The smallest absolute Gasteiger partial charge is 0.354 e. The number of halogens is 5. The van der Waals surface area contributed by atoms with Gasteiger partial charge in [-0.05, 0) is 60.4 Å². The highest BCUT2D eigenvalue weighted by molar-refractivity contribution is 7.92. The normalized spacial score (nSPS) is 12.6. The number of benzene rings is 3. The molecule has 0 saturated carbocycles. The Labute approximate surface area is 259 Å². The standard InChI is InChI=1S/C30H32Cl2F3N3O4S/c1-4-27(29(40)36-17-20(2)3)37(18-21-10-12-22(31)13-11-21)28(39)19-38(43(41,42)24-8-6-5-7-9-24)23-14-15-26(32)25(16-23)30(33,34)35/h5-16,20,27H,4,17-19H2,1-3H3,(H,36,40). The molecule has 7 nitrogen and oxygen atoms in total. The van der Waals surface area contributed by atoms with Crippen LogP contribution in [0.3, 0.4) is 0 Å². The molecule has 13 heteroatoms. The van der Waals surface area contributed by atoms with Crippen LogP contribution in [0, 0.1) is 5.92 Å². The van der Waals surface area contributed by atoms with Gasteiger partial charge in [-0.15, -0.1) is 0 Å². The zero-order valence-electron chi connectivity index (χ0n) is 23.7. The number of sulfonamides is 1. The monoisotopic (exact) mass is 657 g/mol. The number of carbonyl (C=O) groups is 2. The molecule has 0 fully saturated rings. The van der Waals surface area contributed by atoms with Gasteiger partial charge in [0.25, 0.3) is 10.0 Å². The van der Waals surface area contributed by atoms with E-state index in [0.29, 0.717) is 27.5 Å². The Hall–Kier alpha value is -3.28. The van der Waals surface area contributed by atoms with Gasteiger partial charge in [-0.25, -0.2) is 8.42 Å². The zero-order valence-corrected chi connectivity index (χ0v) is 26.1. The second-order valence-corrected chi connectivity index (χ2v) is 12.9. The maximum absolute atomic E-state index is 14.0. The number of anilines is 1. The lowest BCUT2D eigenvalue weighted by Gasteiger charge is -2.33. The summed E-state index contributed by atoms with van der Waals surface area (Å²) in [5, 5.41) is 2.63. The first-order valence-corrected chi connectivity index (χ1v) is 15.6. The number of rotatable bonds is 12. The van der Waals surface area contributed by atoms with Crippen LogP contribution in [0.25, 0.3) is 0 Å². The van der Waals surface area contributed by atoms with E-state index >= 15 is 0 Å². The van der Waals surface area contributed by atoms with Crippen LogP contribution in [0.5, 0.6) is 0 Å². The van der Waals surface area contributed by atoms with Gasteiger partial charge in [-0.2, -0.15) is 13.2 Å². The number of nitrogens with one attached hydrogen (secondary N) is 1. The third-order valence-electron chi connectivity index (χ3n) is 6.49. The highest BCUT2D eigenvalue weighted by atomic mass is 35.5. The Morgan fingerprint density at radius 1 is 0.953 bits per heavy atom. The van der Waals surface area contributed by atoms with Crippen molar-refractivity contribution in [1.29, 1.82) is 0 Å². The van der Waals surface area contributed by atoms with Crippen molar-refractivity contribution in [2.75, 3.05) is 17.4 Å². The summed E-state index contributed by atoms with van der Waals surface area (Å²) >= 11 is 11.8. The average molecular weight is 659 g/mol. The number of hydrogen-bond donors (Lipinski definition) is 1. The van der Waals surface area contributed by atoms with Crippen molar-refractivity contribution < 1.29 is 31.2 Å². The molecule has 0 radical (unpaired) electrons. The minimum absolute atomic E-state index is 0.0861. The van der Waals surface area contributed by atoms with Crippen LogP contribution in [-0.2, 0) is 32.3 Å². The first kappa shape index (κ1) is 34.2. The third kappa shape index (κ3) is 8.87. The zero-order chi connectivity index (χ0) is 31.9. The summed E-state index contributed by atoms with van der Waals surface area (Å²) in [6.45, 7) is 4.89. The van der Waals surface area contributed by atoms with Crippen molar-refractivity contribution in [1.82, 2.24) is 10.2 Å². The fraction of sp³-hybridized carbons (Fsp3) is 0.333. The minimum Gasteiger partial charge on any atom is -0.354 e. The van der Waals surface area contributed by atoms with Crippen LogP contribution in [0.2, 0.25) is 10.0 Å². The van der Waals surface area contributed by atoms with E-state index in [9.17, 15) is 31.2 Å². The van der Waals surface area contributed by atoms with Gasteiger partial charge in [0.1, 0.15) is 12.6 Å². The van der Waals surface area contributed by atoms with E-state index in [1.807, 2.05) is 13.8 Å². The summed E-state index contributed by atoms with van der Waals surface area (Å²) < 4.78 is 69.5. The van der Waals surface area contributed by atoms with Gasteiger partial charge in [-0.1, -0.05) is 74.3 Å². The molecule has 43 heavy (non-hydrogen) atoms. The molecule has 2 amide bonds. The Morgan fingerprint density at radius 3 is 2.14 bits per heavy atom. The lowest BCUT2D eigenvalue weighted by molar-refractivity contribution is -0.140. The maximum atomic E-state index is 14.0. The van der Waals surface area contributed by atoms with Crippen LogP contribution in [0.15, 0.2) is 77.7 Å². The van der Waals surface area contributed by atoms with E-state index in [2.05, 4.69) is 5.32 Å². The van der Waals surface area contributed by atoms with Gasteiger partial charge in [0.2, 0.25) is 11.8 Å². The second kappa shape index (κ2) is 14.5. The van der Waals surface area contributed by atoms with Crippen LogP contribution >= 0.6 is 23.2 Å². The van der Waals surface area contributed by atoms with Gasteiger partial charge in [0, 0.05) is 18.1 Å². The topological polar surface area (TPSA) is 86.8 Å². The minimum atomic E-state index is -4.89. The fourth-order valence-electron chi connectivity index (χ4n) is 4.26. The van der Waals surface area contributed by atoms with Crippen molar-refractivity contribution >= 4 is 50.7 Å². The Morgan fingerprint density at radius 2 is 1.58 bits per heavy atom. The molecule has 232 valence electrons. The molecule has 0 spiro atoms. The molecule has 3 aromatic carbocycles. The predicted octanol–water partition coefficient (Wildman–Crippen LogP) is 6.79. The first-order chi connectivity index (χ1) is 20.1. The van der Waals surface area contributed by atoms with E-state index in [1.165, 1.54) is 29.2 Å². The number of amides is 2. The van der Waals surface area contributed by atoms with Crippen molar-refractivity contribution in [2.45, 2.75) is 50.9 Å². The summed E-state index contributed by atoms with van der Waals surface area (Å²) in [4.78, 5) is 28.3. The molecule has 0 aliphatic rings. The van der Waals surface area contributed by atoms with Gasteiger partial charge in [-0.3, -0.25) is 13.9 Å². The van der Waals surface area contributed by atoms with Crippen molar-refractivity contribution in [3.63, 3.8) is 0 Å². The van der Waals surface area contributed by atoms with Crippen LogP contribution in [0.1, 0.15) is 38.3 Å². The van der Waals surface area contributed by atoms with Gasteiger partial charge < -0.3 is 10.2 Å². The van der Waals surface area contributed by atoms with Crippen molar-refractivity contribution in [3.8, 4) is 0 Å². The molecule has 3 rings (SSSR count). The summed E-state index contributed by atoms with van der Waals surface area (Å²) in [6.07, 6.45) is -4.70. The van der Waals surface area contributed by atoms with Crippen LogP contribution in [0.4, 0.5) is 18.9 Å². The van der Waals surface area contributed by atoms with Crippen molar-refractivity contribution in [2.24, 2.45) is 5.92 Å². The number of nitrogens with zero attached hydrogens (tertiary/aromatic N) is 2. The highest BCUT2D eigenvalue weighted by Gasteiger charge is 2.37. The van der Waals surface area contributed by atoms with Crippen LogP contribution < -0.4 is 9.62 Å².